The van der Waals surface area contributed by atoms with Gasteiger partial charge in [-0.3, -0.25) is 0 Å². The molecule has 0 amide bonds. The van der Waals surface area contributed by atoms with Gasteiger partial charge in [0.1, 0.15) is 5.75 Å². The maximum Gasteiger partial charge on any atom is 0.337 e. The van der Waals surface area contributed by atoms with E-state index in [1.54, 1.807) is 36.4 Å². The summed E-state index contributed by atoms with van der Waals surface area (Å²) < 4.78 is 9.24. The lowest BCUT2D eigenvalue weighted by Gasteiger charge is -2.07. The second-order valence-corrected chi connectivity index (χ2v) is 4.70. The molecule has 2 aromatic rings. The highest BCUT2D eigenvalue weighted by molar-refractivity contribution is 5.90. The number of hydrogen-bond donors (Lipinski definition) is 1. The minimum Gasteiger partial charge on any atom is -0.508 e. The first-order valence-corrected chi connectivity index (χ1v) is 6.62. The van der Waals surface area contributed by atoms with Crippen LogP contribution in [0.5, 0.6) is 5.75 Å². The van der Waals surface area contributed by atoms with Gasteiger partial charge in [0.2, 0.25) is 0 Å². The average molecular weight is 300 g/mol. The first-order valence-electron chi connectivity index (χ1n) is 6.62. The van der Waals surface area contributed by atoms with Gasteiger partial charge in [0.25, 0.3) is 0 Å². The number of aromatic hydroxyl groups is 1. The lowest BCUT2D eigenvalue weighted by atomic mass is 10.0. The molecule has 0 heterocycles. The summed E-state index contributed by atoms with van der Waals surface area (Å²) in [5.41, 5.74) is 2.37. The number of phenolic OH excluding ortho intramolecular Hbond substituents is 1. The second-order valence-electron chi connectivity index (χ2n) is 4.70. The molecule has 22 heavy (non-hydrogen) atoms. The molecular weight excluding hydrogens is 284 g/mol. The summed E-state index contributed by atoms with van der Waals surface area (Å²) in [4.78, 5) is 22.7. The molecule has 5 heteroatoms. The van der Waals surface area contributed by atoms with Crippen molar-refractivity contribution in [2.24, 2.45) is 0 Å². The minimum atomic E-state index is -0.496. The molecule has 0 aliphatic heterocycles. The molecule has 0 aliphatic rings. The van der Waals surface area contributed by atoms with E-state index in [9.17, 15) is 14.7 Å². The number of carbonyl (C=O) groups excluding carboxylic acids is 2. The third kappa shape index (κ3) is 3.44. The van der Waals surface area contributed by atoms with Crippen LogP contribution in [0.3, 0.4) is 0 Å². The van der Waals surface area contributed by atoms with E-state index in [0.717, 1.165) is 5.56 Å². The predicted octanol–water partition coefficient (Wildman–Crippen LogP) is 2.56. The van der Waals surface area contributed by atoms with Crippen molar-refractivity contribution in [2.75, 3.05) is 14.2 Å². The van der Waals surface area contributed by atoms with Crippen LogP contribution < -0.4 is 0 Å². The van der Waals surface area contributed by atoms with Crippen molar-refractivity contribution < 1.29 is 24.2 Å². The summed E-state index contributed by atoms with van der Waals surface area (Å²) in [5, 5.41) is 10.00. The molecule has 114 valence electrons. The Morgan fingerprint density at radius 1 is 0.909 bits per heavy atom. The number of hydrogen-bond acceptors (Lipinski definition) is 5. The number of ether oxygens (including phenoxy) is 2. The lowest BCUT2D eigenvalue weighted by Crippen LogP contribution is -2.02. The van der Waals surface area contributed by atoms with Crippen LogP contribution in [0.2, 0.25) is 0 Å². The Balaban J connectivity index is 2.17. The summed E-state index contributed by atoms with van der Waals surface area (Å²) in [6, 6.07) is 11.6. The topological polar surface area (TPSA) is 72.8 Å². The Morgan fingerprint density at radius 3 is 2.00 bits per heavy atom. The van der Waals surface area contributed by atoms with Gasteiger partial charge < -0.3 is 14.6 Å². The number of esters is 2. The molecule has 0 aromatic heterocycles. The first-order chi connectivity index (χ1) is 10.5. The third-order valence-corrected chi connectivity index (χ3v) is 3.28. The normalized spacial score (nSPS) is 10.1. The summed E-state index contributed by atoms with van der Waals surface area (Å²) in [7, 11) is 2.62. The van der Waals surface area contributed by atoms with Crippen molar-refractivity contribution in [2.45, 2.75) is 6.42 Å². The van der Waals surface area contributed by atoms with Crippen LogP contribution in [0.15, 0.2) is 42.5 Å². The Bertz CT molecular complexity index is 689. The molecule has 0 unspecified atom stereocenters. The van der Waals surface area contributed by atoms with E-state index in [-0.39, 0.29) is 5.75 Å². The fourth-order valence-corrected chi connectivity index (χ4v) is 2.05. The van der Waals surface area contributed by atoms with Crippen LogP contribution in [0.25, 0.3) is 0 Å². The largest absolute Gasteiger partial charge is 0.508 e. The van der Waals surface area contributed by atoms with Gasteiger partial charge in [-0.1, -0.05) is 18.2 Å². The molecule has 2 rings (SSSR count). The maximum absolute atomic E-state index is 11.4. The molecular formula is C17H16O5. The molecule has 1 N–H and O–H groups in total. The highest BCUT2D eigenvalue weighted by Crippen LogP contribution is 2.22. The van der Waals surface area contributed by atoms with E-state index < -0.39 is 11.9 Å². The average Bonchev–Trinajstić information content (AvgIpc) is 2.55. The summed E-state index contributed by atoms with van der Waals surface area (Å²) in [5.74, 6) is -0.860. The monoisotopic (exact) mass is 300 g/mol. The molecule has 2 aromatic carbocycles. The van der Waals surface area contributed by atoms with Gasteiger partial charge in [-0.05, 0) is 35.4 Å². The van der Waals surface area contributed by atoms with Crippen LogP contribution in [0.1, 0.15) is 31.8 Å². The summed E-state index contributed by atoms with van der Waals surface area (Å²) >= 11 is 0. The van der Waals surface area contributed by atoms with E-state index in [0.29, 0.717) is 23.1 Å². The van der Waals surface area contributed by atoms with Crippen molar-refractivity contribution in [3.8, 4) is 5.75 Å². The fraction of sp³-hybridized carbons (Fsp3) is 0.176. The number of methoxy groups -OCH3 is 2. The van der Waals surface area contributed by atoms with Crippen molar-refractivity contribution in [3.05, 3.63) is 64.7 Å². The zero-order valence-electron chi connectivity index (χ0n) is 12.3. The van der Waals surface area contributed by atoms with Crippen LogP contribution >= 0.6 is 0 Å². The molecule has 0 fully saturated rings. The first kappa shape index (κ1) is 15.6. The van der Waals surface area contributed by atoms with Crippen LogP contribution in [0, 0.1) is 0 Å². The Hall–Kier alpha value is -2.82. The molecule has 0 bridgehead atoms. The van der Waals surface area contributed by atoms with Gasteiger partial charge in [-0.25, -0.2) is 9.59 Å². The van der Waals surface area contributed by atoms with E-state index >= 15 is 0 Å². The lowest BCUT2D eigenvalue weighted by molar-refractivity contribution is 0.0591. The van der Waals surface area contributed by atoms with Gasteiger partial charge in [0.05, 0.1) is 25.3 Å². The zero-order chi connectivity index (χ0) is 16.1. The van der Waals surface area contributed by atoms with E-state index in [4.69, 9.17) is 0 Å². The Kier molecular flexibility index (Phi) is 4.78. The van der Waals surface area contributed by atoms with Crippen molar-refractivity contribution in [3.63, 3.8) is 0 Å². The van der Waals surface area contributed by atoms with Gasteiger partial charge in [-0.15, -0.1) is 0 Å². The number of carbonyl (C=O) groups is 2. The van der Waals surface area contributed by atoms with Gasteiger partial charge in [-0.2, -0.15) is 0 Å². The van der Waals surface area contributed by atoms with Gasteiger partial charge >= 0.3 is 11.9 Å². The van der Waals surface area contributed by atoms with Crippen LogP contribution in [-0.2, 0) is 15.9 Å². The predicted molar refractivity (Wildman–Crippen MR) is 80.0 cm³/mol. The molecule has 0 saturated carbocycles. The smallest absolute Gasteiger partial charge is 0.337 e. The summed E-state index contributed by atoms with van der Waals surface area (Å²) in [6.45, 7) is 0. The number of rotatable bonds is 4. The van der Waals surface area contributed by atoms with E-state index in [2.05, 4.69) is 9.47 Å². The molecule has 0 saturated heterocycles. The van der Waals surface area contributed by atoms with Gasteiger partial charge in [0.15, 0.2) is 0 Å². The highest BCUT2D eigenvalue weighted by Gasteiger charge is 2.10. The van der Waals surface area contributed by atoms with Crippen molar-refractivity contribution >= 4 is 11.9 Å². The summed E-state index contributed by atoms with van der Waals surface area (Å²) in [6.07, 6.45) is 0.481. The van der Waals surface area contributed by atoms with Crippen molar-refractivity contribution in [1.29, 1.82) is 0 Å². The zero-order valence-corrected chi connectivity index (χ0v) is 12.3. The number of benzene rings is 2. The Morgan fingerprint density at radius 2 is 1.45 bits per heavy atom. The molecule has 0 aliphatic carbocycles. The highest BCUT2D eigenvalue weighted by atomic mass is 16.5. The van der Waals surface area contributed by atoms with Gasteiger partial charge in [0, 0.05) is 6.42 Å². The standard InChI is InChI=1S/C17H16O5/c1-21-16(19)12-5-3-11(4-6-12)9-13-7-8-14(10-15(13)18)17(20)22-2/h3-8,10,18H,9H2,1-2H3. The minimum absolute atomic E-state index is 0.0277. The second kappa shape index (κ2) is 6.76. The maximum atomic E-state index is 11.4. The SMILES string of the molecule is COC(=O)c1ccc(Cc2ccc(C(=O)OC)cc2O)cc1. The van der Waals surface area contributed by atoms with Crippen LogP contribution in [-0.4, -0.2) is 31.3 Å². The molecule has 5 nitrogen and oxygen atoms in total. The third-order valence-electron chi connectivity index (χ3n) is 3.28. The van der Waals surface area contributed by atoms with Crippen molar-refractivity contribution in [1.82, 2.24) is 0 Å². The molecule has 0 spiro atoms. The Labute approximate surface area is 128 Å². The quantitative estimate of drug-likeness (QED) is 0.878. The molecule has 0 radical (unpaired) electrons. The number of phenols is 1. The fourth-order valence-electron chi connectivity index (χ4n) is 2.05. The van der Waals surface area contributed by atoms with E-state index in [1.165, 1.54) is 20.3 Å². The van der Waals surface area contributed by atoms with E-state index in [1.807, 2.05) is 0 Å². The van der Waals surface area contributed by atoms with Crippen LogP contribution in [0.4, 0.5) is 0 Å². The molecule has 0 atom stereocenters.